The zero-order valence-electron chi connectivity index (χ0n) is 15.9. The second-order valence-corrected chi connectivity index (χ2v) is 6.73. The fourth-order valence-corrected chi connectivity index (χ4v) is 3.25. The van der Waals surface area contributed by atoms with E-state index in [9.17, 15) is 10.1 Å². The van der Waals surface area contributed by atoms with Crippen molar-refractivity contribution in [3.63, 3.8) is 0 Å². The molecule has 0 unspecified atom stereocenters. The number of morpholine rings is 1. The van der Waals surface area contributed by atoms with Crippen LogP contribution in [0.4, 0.5) is 5.69 Å². The number of ether oxygens (including phenoxy) is 3. The van der Waals surface area contributed by atoms with Crippen molar-refractivity contribution in [1.82, 2.24) is 5.32 Å². The fourth-order valence-electron chi connectivity index (χ4n) is 3.25. The SMILES string of the molecule is N#C/C(=C\c1ccc(N2CCOCC2)cc1)C(=O)NCc1ccc2c(c1)OCO2. The Hall–Kier alpha value is -3.50. The summed E-state index contributed by atoms with van der Waals surface area (Å²) >= 11 is 0. The van der Waals surface area contributed by atoms with Gasteiger partial charge in [0.15, 0.2) is 11.5 Å². The molecule has 0 saturated carbocycles. The summed E-state index contributed by atoms with van der Waals surface area (Å²) in [5.41, 5.74) is 2.84. The monoisotopic (exact) mass is 391 g/mol. The number of fused-ring (bicyclic) bond motifs is 1. The maximum Gasteiger partial charge on any atom is 0.262 e. The van der Waals surface area contributed by atoms with E-state index in [2.05, 4.69) is 10.2 Å². The fraction of sp³-hybridized carbons (Fsp3) is 0.273. The van der Waals surface area contributed by atoms with Crippen LogP contribution in [0.15, 0.2) is 48.0 Å². The van der Waals surface area contributed by atoms with E-state index in [1.807, 2.05) is 42.5 Å². The molecule has 4 rings (SSSR count). The Morgan fingerprint density at radius 3 is 2.62 bits per heavy atom. The van der Waals surface area contributed by atoms with Gasteiger partial charge < -0.3 is 24.4 Å². The highest BCUT2D eigenvalue weighted by Crippen LogP contribution is 2.32. The Labute approximate surface area is 169 Å². The number of hydrogen-bond acceptors (Lipinski definition) is 6. The molecule has 2 aliphatic rings. The first-order valence-corrected chi connectivity index (χ1v) is 9.44. The van der Waals surface area contributed by atoms with Gasteiger partial charge in [-0.15, -0.1) is 0 Å². The molecule has 29 heavy (non-hydrogen) atoms. The second-order valence-electron chi connectivity index (χ2n) is 6.73. The van der Waals surface area contributed by atoms with Crippen molar-refractivity contribution in [3.8, 4) is 17.6 Å². The number of amides is 1. The third-order valence-corrected chi connectivity index (χ3v) is 4.84. The van der Waals surface area contributed by atoms with Gasteiger partial charge in [0, 0.05) is 25.3 Å². The van der Waals surface area contributed by atoms with Crippen molar-refractivity contribution < 1.29 is 19.0 Å². The number of benzene rings is 2. The summed E-state index contributed by atoms with van der Waals surface area (Å²) in [5, 5.41) is 12.2. The number of rotatable bonds is 5. The molecule has 0 spiro atoms. The van der Waals surface area contributed by atoms with Crippen molar-refractivity contribution in [2.45, 2.75) is 6.54 Å². The lowest BCUT2D eigenvalue weighted by molar-refractivity contribution is -0.117. The first-order chi connectivity index (χ1) is 14.2. The molecule has 0 bridgehead atoms. The summed E-state index contributed by atoms with van der Waals surface area (Å²) in [6, 6.07) is 15.3. The van der Waals surface area contributed by atoms with Crippen molar-refractivity contribution in [2.75, 3.05) is 38.0 Å². The van der Waals surface area contributed by atoms with Gasteiger partial charge in [-0.05, 0) is 41.5 Å². The molecule has 2 aromatic carbocycles. The predicted octanol–water partition coefficient (Wildman–Crippen LogP) is 2.48. The largest absolute Gasteiger partial charge is 0.454 e. The molecule has 0 atom stereocenters. The first-order valence-electron chi connectivity index (χ1n) is 9.44. The number of carbonyl (C=O) groups excluding carboxylic acids is 1. The molecule has 7 nitrogen and oxygen atoms in total. The van der Waals surface area contributed by atoms with Crippen LogP contribution in [-0.2, 0) is 16.1 Å². The number of nitrogens with zero attached hydrogens (tertiary/aromatic N) is 2. The molecule has 7 heteroatoms. The van der Waals surface area contributed by atoms with E-state index >= 15 is 0 Å². The summed E-state index contributed by atoms with van der Waals surface area (Å²) in [6.07, 6.45) is 1.60. The molecule has 2 aromatic rings. The molecule has 148 valence electrons. The lowest BCUT2D eigenvalue weighted by Crippen LogP contribution is -2.36. The number of nitriles is 1. The summed E-state index contributed by atoms with van der Waals surface area (Å²) in [4.78, 5) is 14.7. The zero-order chi connectivity index (χ0) is 20.1. The summed E-state index contributed by atoms with van der Waals surface area (Å²) in [7, 11) is 0. The van der Waals surface area contributed by atoms with Crippen LogP contribution < -0.4 is 19.7 Å². The van der Waals surface area contributed by atoms with Gasteiger partial charge in [-0.3, -0.25) is 4.79 Å². The summed E-state index contributed by atoms with van der Waals surface area (Å²) in [6.45, 7) is 3.68. The average Bonchev–Trinajstić information content (AvgIpc) is 3.25. The summed E-state index contributed by atoms with van der Waals surface area (Å²) in [5.74, 6) is 0.939. The molecule has 1 saturated heterocycles. The molecule has 1 N–H and O–H groups in total. The maximum absolute atomic E-state index is 12.4. The van der Waals surface area contributed by atoms with Crippen LogP contribution in [0.2, 0.25) is 0 Å². The Morgan fingerprint density at radius 1 is 1.10 bits per heavy atom. The molecule has 0 aliphatic carbocycles. The Balaban J connectivity index is 1.39. The normalized spacial score (nSPS) is 15.7. The van der Waals surface area contributed by atoms with Crippen molar-refractivity contribution in [3.05, 3.63) is 59.2 Å². The smallest absolute Gasteiger partial charge is 0.262 e. The first kappa shape index (κ1) is 18.8. The molecule has 2 aliphatic heterocycles. The highest BCUT2D eigenvalue weighted by molar-refractivity contribution is 6.01. The Kier molecular flexibility index (Phi) is 5.63. The Bertz CT molecular complexity index is 957. The second kappa shape index (κ2) is 8.67. The van der Waals surface area contributed by atoms with Gasteiger partial charge in [0.25, 0.3) is 5.91 Å². The number of carbonyl (C=O) groups is 1. The van der Waals surface area contributed by atoms with Crippen LogP contribution in [0.25, 0.3) is 6.08 Å². The van der Waals surface area contributed by atoms with Crippen LogP contribution in [0.1, 0.15) is 11.1 Å². The van der Waals surface area contributed by atoms with E-state index in [1.54, 1.807) is 12.1 Å². The van der Waals surface area contributed by atoms with Gasteiger partial charge >= 0.3 is 0 Å². The van der Waals surface area contributed by atoms with Crippen LogP contribution in [0.5, 0.6) is 11.5 Å². The minimum Gasteiger partial charge on any atom is -0.454 e. The minimum atomic E-state index is -0.414. The molecular weight excluding hydrogens is 370 g/mol. The van der Waals surface area contributed by atoms with Crippen molar-refractivity contribution >= 4 is 17.7 Å². The molecular formula is C22H21N3O4. The van der Waals surface area contributed by atoms with Gasteiger partial charge in [-0.25, -0.2) is 0 Å². The summed E-state index contributed by atoms with van der Waals surface area (Å²) < 4.78 is 16.0. The number of hydrogen-bond donors (Lipinski definition) is 1. The van der Waals surface area contributed by atoms with Gasteiger partial charge in [-0.1, -0.05) is 18.2 Å². The number of nitrogens with one attached hydrogen (secondary N) is 1. The van der Waals surface area contributed by atoms with Crippen molar-refractivity contribution in [2.24, 2.45) is 0 Å². The van der Waals surface area contributed by atoms with E-state index in [-0.39, 0.29) is 12.4 Å². The standard InChI is InChI=1S/C22H21N3O4/c23-13-18(11-16-1-4-19(5-2-16)25-7-9-27-10-8-25)22(26)24-14-17-3-6-20-21(12-17)29-15-28-20/h1-6,11-12H,7-10,14-15H2,(H,24,26)/b18-11+. The Morgan fingerprint density at radius 2 is 1.86 bits per heavy atom. The quantitative estimate of drug-likeness (QED) is 0.623. The average molecular weight is 391 g/mol. The van der Waals surface area contributed by atoms with Crippen LogP contribution in [0.3, 0.4) is 0 Å². The van der Waals surface area contributed by atoms with Gasteiger partial charge in [0.2, 0.25) is 6.79 Å². The van der Waals surface area contributed by atoms with Crippen LogP contribution >= 0.6 is 0 Å². The molecule has 1 amide bonds. The third kappa shape index (κ3) is 4.50. The van der Waals surface area contributed by atoms with Gasteiger partial charge in [-0.2, -0.15) is 5.26 Å². The zero-order valence-corrected chi connectivity index (χ0v) is 15.9. The predicted molar refractivity (Wildman–Crippen MR) is 107 cm³/mol. The van der Waals surface area contributed by atoms with Gasteiger partial charge in [0.1, 0.15) is 11.6 Å². The van der Waals surface area contributed by atoms with E-state index in [4.69, 9.17) is 14.2 Å². The lowest BCUT2D eigenvalue weighted by Gasteiger charge is -2.28. The van der Waals surface area contributed by atoms with Crippen LogP contribution in [-0.4, -0.2) is 39.0 Å². The van der Waals surface area contributed by atoms with E-state index < -0.39 is 5.91 Å². The molecule has 2 heterocycles. The van der Waals surface area contributed by atoms with Gasteiger partial charge in [0.05, 0.1) is 13.2 Å². The molecule has 1 fully saturated rings. The van der Waals surface area contributed by atoms with E-state index in [1.165, 1.54) is 0 Å². The lowest BCUT2D eigenvalue weighted by atomic mass is 10.1. The number of anilines is 1. The topological polar surface area (TPSA) is 83.8 Å². The van der Waals surface area contributed by atoms with Crippen LogP contribution in [0, 0.1) is 11.3 Å². The molecule has 0 radical (unpaired) electrons. The highest BCUT2D eigenvalue weighted by Gasteiger charge is 2.15. The minimum absolute atomic E-state index is 0.0601. The molecule has 0 aromatic heterocycles. The third-order valence-electron chi connectivity index (χ3n) is 4.84. The highest BCUT2D eigenvalue weighted by atomic mass is 16.7. The van der Waals surface area contributed by atoms with Crippen molar-refractivity contribution in [1.29, 1.82) is 5.26 Å². The van der Waals surface area contributed by atoms with E-state index in [0.29, 0.717) is 18.0 Å². The maximum atomic E-state index is 12.4. The van der Waals surface area contributed by atoms with E-state index in [0.717, 1.165) is 43.1 Å².